The van der Waals surface area contributed by atoms with Crippen molar-refractivity contribution in [3.8, 4) is 0 Å². The second-order valence-electron chi connectivity index (χ2n) is 3.64. The fourth-order valence-electron chi connectivity index (χ4n) is 0.783. The predicted octanol–water partition coefficient (Wildman–Crippen LogP) is -0.406. The molecule has 76 valence electrons. The Morgan fingerprint density at radius 2 is 1.92 bits per heavy atom. The zero-order valence-electron chi connectivity index (χ0n) is 8.00. The van der Waals surface area contributed by atoms with E-state index in [-0.39, 0.29) is 12.5 Å². The zero-order chi connectivity index (χ0) is 10.6. The maximum atomic E-state index is 10.5. The molecule has 0 saturated carbocycles. The number of carboxylic acid groups (broad SMARTS) is 1. The highest BCUT2D eigenvalue weighted by Crippen LogP contribution is 2.19. The Balaban J connectivity index is 4.21. The second-order valence-corrected chi connectivity index (χ2v) is 3.64. The summed E-state index contributed by atoms with van der Waals surface area (Å²) >= 11 is 0. The minimum absolute atomic E-state index is 0.135. The fraction of sp³-hybridized carbons (Fsp3) is 0.750. The van der Waals surface area contributed by atoms with Crippen molar-refractivity contribution in [1.82, 2.24) is 5.32 Å². The molecule has 0 aliphatic carbocycles. The molecule has 0 fully saturated rings. The van der Waals surface area contributed by atoms with Gasteiger partial charge in [0.25, 0.3) is 0 Å². The molecule has 1 amide bonds. The van der Waals surface area contributed by atoms with Crippen LogP contribution in [-0.4, -0.2) is 34.7 Å². The summed E-state index contributed by atoms with van der Waals surface area (Å²) < 4.78 is 0. The smallest absolute Gasteiger partial charge is 0.333 e. The minimum atomic E-state index is -1.47. The molecule has 0 aromatic rings. The third-order valence-corrected chi connectivity index (χ3v) is 1.77. The molecule has 0 aromatic heterocycles. The van der Waals surface area contributed by atoms with Gasteiger partial charge in [-0.25, -0.2) is 4.79 Å². The van der Waals surface area contributed by atoms with Gasteiger partial charge in [0.15, 0.2) is 6.10 Å². The van der Waals surface area contributed by atoms with Crippen LogP contribution >= 0.6 is 0 Å². The lowest BCUT2D eigenvalue weighted by molar-refractivity contribution is -0.153. The molecule has 5 nitrogen and oxygen atoms in total. The van der Waals surface area contributed by atoms with Crippen LogP contribution in [-0.2, 0) is 9.59 Å². The summed E-state index contributed by atoms with van der Waals surface area (Å²) in [6.45, 7) is 4.61. The standard InChI is InChI=1S/C8H15NO4/c1-5(10)9-4-8(2,3)6(11)7(12)13/h6,11H,4H2,1-3H3,(H,9,10)(H,12,13). The van der Waals surface area contributed by atoms with Crippen LogP contribution in [0.25, 0.3) is 0 Å². The van der Waals surface area contributed by atoms with Crippen molar-refractivity contribution in [2.45, 2.75) is 26.9 Å². The molecule has 0 aliphatic rings. The Kier molecular flexibility index (Phi) is 3.87. The van der Waals surface area contributed by atoms with Crippen LogP contribution in [0.1, 0.15) is 20.8 Å². The second kappa shape index (κ2) is 4.23. The molecule has 0 aliphatic heterocycles. The van der Waals surface area contributed by atoms with Crippen molar-refractivity contribution in [2.24, 2.45) is 5.41 Å². The Bertz CT molecular complexity index is 212. The number of aliphatic hydroxyl groups is 1. The van der Waals surface area contributed by atoms with Crippen LogP contribution in [0, 0.1) is 5.41 Å². The molecule has 0 bridgehead atoms. The molecule has 0 saturated heterocycles. The molecule has 13 heavy (non-hydrogen) atoms. The number of carbonyl (C=O) groups is 2. The van der Waals surface area contributed by atoms with E-state index in [1.54, 1.807) is 13.8 Å². The van der Waals surface area contributed by atoms with E-state index in [0.717, 1.165) is 0 Å². The van der Waals surface area contributed by atoms with Crippen LogP contribution in [0.4, 0.5) is 0 Å². The minimum Gasteiger partial charge on any atom is -0.479 e. The van der Waals surface area contributed by atoms with Crippen LogP contribution in [0.2, 0.25) is 0 Å². The van der Waals surface area contributed by atoms with Crippen LogP contribution in [0.15, 0.2) is 0 Å². The molecule has 0 radical (unpaired) electrons. The van der Waals surface area contributed by atoms with Gasteiger partial charge in [0.2, 0.25) is 5.91 Å². The van der Waals surface area contributed by atoms with E-state index in [4.69, 9.17) is 5.11 Å². The van der Waals surface area contributed by atoms with Gasteiger partial charge in [-0.15, -0.1) is 0 Å². The van der Waals surface area contributed by atoms with Crippen molar-refractivity contribution >= 4 is 11.9 Å². The van der Waals surface area contributed by atoms with Gasteiger partial charge in [-0.05, 0) is 0 Å². The lowest BCUT2D eigenvalue weighted by Gasteiger charge is -2.27. The van der Waals surface area contributed by atoms with Crippen molar-refractivity contribution in [3.63, 3.8) is 0 Å². The van der Waals surface area contributed by atoms with E-state index < -0.39 is 17.5 Å². The normalized spacial score (nSPS) is 13.5. The lowest BCUT2D eigenvalue weighted by atomic mass is 9.86. The van der Waals surface area contributed by atoms with Crippen LogP contribution in [0.3, 0.4) is 0 Å². The Morgan fingerprint density at radius 1 is 1.46 bits per heavy atom. The monoisotopic (exact) mass is 189 g/mol. The number of aliphatic hydroxyl groups excluding tert-OH is 1. The summed E-state index contributed by atoms with van der Waals surface area (Å²) in [7, 11) is 0. The highest BCUT2D eigenvalue weighted by Gasteiger charge is 2.33. The van der Waals surface area contributed by atoms with Crippen LogP contribution < -0.4 is 5.32 Å². The number of hydrogen-bond acceptors (Lipinski definition) is 3. The van der Waals surface area contributed by atoms with Crippen molar-refractivity contribution < 1.29 is 19.8 Å². The molecule has 0 spiro atoms. The first kappa shape index (κ1) is 11.9. The number of carbonyl (C=O) groups excluding carboxylic acids is 1. The van der Waals surface area contributed by atoms with Crippen molar-refractivity contribution in [2.75, 3.05) is 6.54 Å². The largest absolute Gasteiger partial charge is 0.479 e. The van der Waals surface area contributed by atoms with E-state index in [1.165, 1.54) is 6.92 Å². The molecule has 1 unspecified atom stereocenters. The van der Waals surface area contributed by atoms with Gasteiger partial charge in [-0.3, -0.25) is 4.79 Å². The first-order valence-corrected chi connectivity index (χ1v) is 3.92. The number of hydrogen-bond donors (Lipinski definition) is 3. The highest BCUT2D eigenvalue weighted by atomic mass is 16.4. The van der Waals surface area contributed by atoms with Gasteiger partial charge < -0.3 is 15.5 Å². The Hall–Kier alpha value is -1.10. The molecular formula is C8H15NO4. The number of aliphatic carboxylic acids is 1. The quantitative estimate of drug-likeness (QED) is 0.561. The van der Waals surface area contributed by atoms with Gasteiger partial charge in [0, 0.05) is 18.9 Å². The summed E-state index contributed by atoms with van der Waals surface area (Å²) in [6.07, 6.45) is -1.47. The number of rotatable bonds is 4. The zero-order valence-corrected chi connectivity index (χ0v) is 8.00. The lowest BCUT2D eigenvalue weighted by Crippen LogP contribution is -2.44. The van der Waals surface area contributed by atoms with E-state index in [2.05, 4.69) is 5.32 Å². The average Bonchev–Trinajstić information content (AvgIpc) is 1.99. The van der Waals surface area contributed by atoms with Gasteiger partial charge in [0.05, 0.1) is 0 Å². The Labute approximate surface area is 76.8 Å². The topological polar surface area (TPSA) is 86.6 Å². The van der Waals surface area contributed by atoms with Gasteiger partial charge in [-0.1, -0.05) is 13.8 Å². The fourth-order valence-corrected chi connectivity index (χ4v) is 0.783. The van der Waals surface area contributed by atoms with Crippen molar-refractivity contribution in [1.29, 1.82) is 0 Å². The number of nitrogens with one attached hydrogen (secondary N) is 1. The third-order valence-electron chi connectivity index (χ3n) is 1.77. The number of amides is 1. The van der Waals surface area contributed by atoms with Gasteiger partial charge in [0.1, 0.15) is 0 Å². The summed E-state index contributed by atoms with van der Waals surface area (Å²) in [4.78, 5) is 21.0. The highest BCUT2D eigenvalue weighted by molar-refractivity contribution is 5.74. The maximum absolute atomic E-state index is 10.5. The molecular weight excluding hydrogens is 174 g/mol. The van der Waals surface area contributed by atoms with Crippen molar-refractivity contribution in [3.05, 3.63) is 0 Å². The average molecular weight is 189 g/mol. The van der Waals surface area contributed by atoms with E-state index >= 15 is 0 Å². The molecule has 3 N–H and O–H groups in total. The number of carboxylic acids is 1. The van der Waals surface area contributed by atoms with E-state index in [0.29, 0.717) is 0 Å². The summed E-state index contributed by atoms with van der Waals surface area (Å²) in [5.41, 5.74) is -0.864. The van der Waals surface area contributed by atoms with E-state index in [1.807, 2.05) is 0 Å². The molecule has 0 heterocycles. The maximum Gasteiger partial charge on any atom is 0.333 e. The summed E-state index contributed by atoms with van der Waals surface area (Å²) in [5.74, 6) is -1.53. The molecule has 5 heteroatoms. The summed E-state index contributed by atoms with van der Waals surface area (Å²) in [5, 5.41) is 20.2. The predicted molar refractivity (Wildman–Crippen MR) is 46.1 cm³/mol. The molecule has 0 aromatic carbocycles. The van der Waals surface area contributed by atoms with E-state index in [9.17, 15) is 14.7 Å². The molecule has 1 atom stereocenters. The summed E-state index contributed by atoms with van der Waals surface area (Å²) in [6, 6.07) is 0. The molecule has 0 rings (SSSR count). The first-order valence-electron chi connectivity index (χ1n) is 3.92. The third kappa shape index (κ3) is 3.89. The first-order chi connectivity index (χ1) is 5.77. The Morgan fingerprint density at radius 3 is 2.23 bits per heavy atom. The van der Waals surface area contributed by atoms with Crippen LogP contribution in [0.5, 0.6) is 0 Å². The van der Waals surface area contributed by atoms with Gasteiger partial charge in [-0.2, -0.15) is 0 Å². The SMILES string of the molecule is CC(=O)NCC(C)(C)C(O)C(=O)O. The van der Waals surface area contributed by atoms with Gasteiger partial charge >= 0.3 is 5.97 Å².